The molecule has 3 heteroatoms. The van der Waals surface area contributed by atoms with Crippen LogP contribution in [-0.2, 0) is 9.53 Å². The van der Waals surface area contributed by atoms with Crippen molar-refractivity contribution in [3.63, 3.8) is 0 Å². The van der Waals surface area contributed by atoms with Gasteiger partial charge in [0.25, 0.3) is 0 Å². The molecule has 12 heavy (non-hydrogen) atoms. The Morgan fingerprint density at radius 2 is 2.58 bits per heavy atom. The first-order valence-corrected chi connectivity index (χ1v) is 4.36. The zero-order valence-electron chi connectivity index (χ0n) is 7.38. The normalized spacial score (nSPS) is 19.3. The number of carbonyl (C=O) groups excluding carboxylic acids is 1. The second kappa shape index (κ2) is 4.26. The predicted molar refractivity (Wildman–Crippen MR) is 46.5 cm³/mol. The number of ether oxygens (including phenoxy) is 1. The Morgan fingerprint density at radius 3 is 3.08 bits per heavy atom. The van der Waals surface area contributed by atoms with Gasteiger partial charge in [0.15, 0.2) is 5.78 Å². The highest BCUT2D eigenvalue weighted by Crippen LogP contribution is 2.14. The van der Waals surface area contributed by atoms with Crippen molar-refractivity contribution in [1.29, 1.82) is 0 Å². The van der Waals surface area contributed by atoms with E-state index in [9.17, 15) is 4.79 Å². The third kappa shape index (κ3) is 2.08. The SMILES string of the molecule is CCC(N)C(=O)C1=COCCC1. The molecule has 0 aromatic rings. The third-order valence-electron chi connectivity index (χ3n) is 2.03. The lowest BCUT2D eigenvalue weighted by Gasteiger charge is -2.15. The van der Waals surface area contributed by atoms with Gasteiger partial charge >= 0.3 is 0 Å². The van der Waals surface area contributed by atoms with E-state index in [2.05, 4.69) is 0 Å². The quantitative estimate of drug-likeness (QED) is 0.685. The molecule has 0 amide bonds. The van der Waals surface area contributed by atoms with Crippen LogP contribution in [0.3, 0.4) is 0 Å². The average Bonchev–Trinajstić information content (AvgIpc) is 2.17. The van der Waals surface area contributed by atoms with Crippen LogP contribution in [0, 0.1) is 0 Å². The van der Waals surface area contributed by atoms with Crippen LogP contribution in [0.1, 0.15) is 26.2 Å². The van der Waals surface area contributed by atoms with Crippen molar-refractivity contribution >= 4 is 5.78 Å². The van der Waals surface area contributed by atoms with E-state index in [1.54, 1.807) is 6.26 Å². The first kappa shape index (κ1) is 9.26. The van der Waals surface area contributed by atoms with E-state index < -0.39 is 0 Å². The lowest BCUT2D eigenvalue weighted by molar-refractivity contribution is -0.117. The van der Waals surface area contributed by atoms with Crippen LogP contribution in [-0.4, -0.2) is 18.4 Å². The Hall–Kier alpha value is -0.830. The molecule has 0 fully saturated rings. The van der Waals surface area contributed by atoms with Crippen molar-refractivity contribution in [3.8, 4) is 0 Å². The molecule has 1 heterocycles. The van der Waals surface area contributed by atoms with Gasteiger partial charge in [-0.25, -0.2) is 0 Å². The summed E-state index contributed by atoms with van der Waals surface area (Å²) < 4.78 is 5.06. The zero-order valence-corrected chi connectivity index (χ0v) is 7.38. The fourth-order valence-electron chi connectivity index (χ4n) is 1.17. The molecule has 1 aliphatic rings. The summed E-state index contributed by atoms with van der Waals surface area (Å²) in [6.07, 6.45) is 3.98. The minimum atomic E-state index is -0.349. The third-order valence-corrected chi connectivity index (χ3v) is 2.03. The fraction of sp³-hybridized carbons (Fsp3) is 0.667. The Balaban J connectivity index is 2.56. The molecule has 1 atom stereocenters. The monoisotopic (exact) mass is 169 g/mol. The highest BCUT2D eigenvalue weighted by molar-refractivity contribution is 5.99. The lowest BCUT2D eigenvalue weighted by Crippen LogP contribution is -2.31. The number of nitrogens with two attached hydrogens (primary N) is 1. The molecule has 1 rings (SSSR count). The van der Waals surface area contributed by atoms with E-state index in [-0.39, 0.29) is 11.8 Å². The molecule has 1 unspecified atom stereocenters. The fourth-order valence-corrected chi connectivity index (χ4v) is 1.17. The van der Waals surface area contributed by atoms with Crippen molar-refractivity contribution < 1.29 is 9.53 Å². The van der Waals surface area contributed by atoms with Crippen molar-refractivity contribution in [2.24, 2.45) is 5.73 Å². The molecule has 2 N–H and O–H groups in total. The lowest BCUT2D eigenvalue weighted by atomic mass is 9.99. The van der Waals surface area contributed by atoms with Gasteiger partial charge in [-0.2, -0.15) is 0 Å². The molecule has 0 radical (unpaired) electrons. The largest absolute Gasteiger partial charge is 0.501 e. The molecule has 0 bridgehead atoms. The predicted octanol–water partition coefficient (Wildman–Crippen LogP) is 0.987. The smallest absolute Gasteiger partial charge is 0.178 e. The maximum atomic E-state index is 11.5. The van der Waals surface area contributed by atoms with Gasteiger partial charge in [0.1, 0.15) is 0 Å². The Morgan fingerprint density at radius 1 is 1.83 bits per heavy atom. The summed E-state index contributed by atoms with van der Waals surface area (Å²) in [6.45, 7) is 2.63. The van der Waals surface area contributed by atoms with Gasteiger partial charge in [0, 0.05) is 5.57 Å². The highest BCUT2D eigenvalue weighted by atomic mass is 16.5. The second-order valence-corrected chi connectivity index (χ2v) is 3.00. The van der Waals surface area contributed by atoms with Crippen molar-refractivity contribution in [2.45, 2.75) is 32.2 Å². The number of rotatable bonds is 3. The first-order valence-electron chi connectivity index (χ1n) is 4.36. The minimum Gasteiger partial charge on any atom is -0.501 e. The molecule has 1 aliphatic heterocycles. The van der Waals surface area contributed by atoms with Crippen LogP contribution in [0.25, 0.3) is 0 Å². The zero-order chi connectivity index (χ0) is 8.97. The molecule has 68 valence electrons. The molecule has 0 spiro atoms. The molecular formula is C9H15NO2. The van der Waals surface area contributed by atoms with E-state index in [1.165, 1.54) is 0 Å². The summed E-state index contributed by atoms with van der Waals surface area (Å²) in [4.78, 5) is 11.5. The standard InChI is InChI=1S/C9H15NO2/c1-2-8(10)9(11)7-4-3-5-12-6-7/h6,8H,2-5,10H2,1H3. The maximum absolute atomic E-state index is 11.5. The molecule has 0 saturated heterocycles. The summed E-state index contributed by atoms with van der Waals surface area (Å²) in [6, 6.07) is -0.349. The molecular weight excluding hydrogens is 154 g/mol. The van der Waals surface area contributed by atoms with Gasteiger partial charge in [-0.1, -0.05) is 6.92 Å². The van der Waals surface area contributed by atoms with Crippen LogP contribution in [0.4, 0.5) is 0 Å². The molecule has 0 aromatic heterocycles. The van der Waals surface area contributed by atoms with Gasteiger partial charge in [0.2, 0.25) is 0 Å². The number of Topliss-reactive ketones (excluding diaryl/α,β-unsaturated/α-hetero) is 1. The van der Waals surface area contributed by atoms with Gasteiger partial charge in [-0.15, -0.1) is 0 Å². The van der Waals surface area contributed by atoms with Crippen LogP contribution in [0.2, 0.25) is 0 Å². The number of carbonyl (C=O) groups is 1. The Kier molecular flexibility index (Phi) is 3.29. The maximum Gasteiger partial charge on any atom is 0.178 e. The van der Waals surface area contributed by atoms with E-state index in [1.807, 2.05) is 6.92 Å². The van der Waals surface area contributed by atoms with Crippen LogP contribution >= 0.6 is 0 Å². The molecule has 0 aliphatic carbocycles. The van der Waals surface area contributed by atoms with Gasteiger partial charge in [-0.3, -0.25) is 4.79 Å². The summed E-state index contributed by atoms with van der Waals surface area (Å²) in [5, 5.41) is 0. The van der Waals surface area contributed by atoms with Gasteiger partial charge in [0.05, 0.1) is 18.9 Å². The minimum absolute atomic E-state index is 0.0391. The van der Waals surface area contributed by atoms with Crippen LogP contribution in [0.5, 0.6) is 0 Å². The first-order chi connectivity index (χ1) is 5.75. The average molecular weight is 169 g/mol. The Bertz CT molecular complexity index is 199. The van der Waals surface area contributed by atoms with Crippen molar-refractivity contribution in [1.82, 2.24) is 0 Å². The number of hydrogen-bond acceptors (Lipinski definition) is 3. The van der Waals surface area contributed by atoms with E-state index in [0.717, 1.165) is 25.0 Å². The van der Waals surface area contributed by atoms with E-state index in [4.69, 9.17) is 10.5 Å². The van der Waals surface area contributed by atoms with E-state index in [0.29, 0.717) is 6.42 Å². The van der Waals surface area contributed by atoms with Gasteiger partial charge in [-0.05, 0) is 19.3 Å². The topological polar surface area (TPSA) is 52.3 Å². The van der Waals surface area contributed by atoms with Crippen molar-refractivity contribution in [2.75, 3.05) is 6.61 Å². The summed E-state index contributed by atoms with van der Waals surface area (Å²) >= 11 is 0. The molecule has 0 saturated carbocycles. The highest BCUT2D eigenvalue weighted by Gasteiger charge is 2.18. The number of hydrogen-bond donors (Lipinski definition) is 1. The molecule has 3 nitrogen and oxygen atoms in total. The second-order valence-electron chi connectivity index (χ2n) is 3.00. The van der Waals surface area contributed by atoms with Gasteiger partial charge < -0.3 is 10.5 Å². The Labute approximate surface area is 72.6 Å². The van der Waals surface area contributed by atoms with Crippen LogP contribution < -0.4 is 5.73 Å². The molecule has 0 aromatic carbocycles. The van der Waals surface area contributed by atoms with Crippen molar-refractivity contribution in [3.05, 3.63) is 11.8 Å². The summed E-state index contributed by atoms with van der Waals surface area (Å²) in [5.41, 5.74) is 6.35. The van der Waals surface area contributed by atoms with Crippen LogP contribution in [0.15, 0.2) is 11.8 Å². The van der Waals surface area contributed by atoms with E-state index >= 15 is 0 Å². The summed E-state index contributed by atoms with van der Waals surface area (Å²) in [7, 11) is 0. The summed E-state index contributed by atoms with van der Waals surface area (Å²) in [5.74, 6) is 0.0391. The number of ketones is 1.